The Morgan fingerprint density at radius 3 is 2.09 bits per heavy atom. The number of ether oxygens (including phenoxy) is 1. The molecular weight excluding hydrogens is 452 g/mol. The van der Waals surface area contributed by atoms with Gasteiger partial charge in [0.1, 0.15) is 0 Å². The van der Waals surface area contributed by atoms with Gasteiger partial charge in [0, 0.05) is 11.3 Å². The largest absolute Gasteiger partial charge is 0.462 e. The van der Waals surface area contributed by atoms with Crippen LogP contribution in [-0.4, -0.2) is 33.2 Å². The smallest absolute Gasteiger partial charge is 0.338 e. The van der Waals surface area contributed by atoms with Crippen LogP contribution in [0.4, 0.5) is 11.4 Å². The maximum Gasteiger partial charge on any atom is 0.338 e. The Kier molecular flexibility index (Phi) is 7.73. The molecule has 0 spiro atoms. The number of rotatable bonds is 8. The average Bonchev–Trinajstić information content (AvgIpc) is 2.79. The van der Waals surface area contributed by atoms with Gasteiger partial charge in [-0.05, 0) is 74.4 Å². The first-order valence-corrected chi connectivity index (χ1v) is 12.7. The summed E-state index contributed by atoms with van der Waals surface area (Å²) in [6, 6.07) is 19.0. The van der Waals surface area contributed by atoms with Crippen molar-refractivity contribution in [3.8, 4) is 0 Å². The van der Waals surface area contributed by atoms with Crippen LogP contribution in [0.1, 0.15) is 44.3 Å². The van der Waals surface area contributed by atoms with Crippen molar-refractivity contribution in [3.63, 3.8) is 0 Å². The van der Waals surface area contributed by atoms with Crippen LogP contribution in [0.25, 0.3) is 0 Å². The molecule has 0 aliphatic carbocycles. The number of hydrogen-bond acceptors (Lipinski definition) is 5. The number of amides is 1. The second-order valence-corrected chi connectivity index (χ2v) is 9.91. The lowest BCUT2D eigenvalue weighted by Gasteiger charge is -2.23. The van der Waals surface area contributed by atoms with Gasteiger partial charge in [0.15, 0.2) is 0 Å². The summed E-state index contributed by atoms with van der Waals surface area (Å²) in [5.41, 5.74) is 4.50. The van der Waals surface area contributed by atoms with Crippen molar-refractivity contribution in [1.29, 1.82) is 0 Å². The molecule has 0 aliphatic heterocycles. The first-order valence-electron chi connectivity index (χ1n) is 10.8. The highest BCUT2D eigenvalue weighted by atomic mass is 32.2. The van der Waals surface area contributed by atoms with Crippen molar-refractivity contribution in [1.82, 2.24) is 0 Å². The molecule has 0 radical (unpaired) electrons. The van der Waals surface area contributed by atoms with Crippen molar-refractivity contribution >= 4 is 33.3 Å². The molecule has 0 bridgehead atoms. The van der Waals surface area contributed by atoms with E-state index in [0.29, 0.717) is 22.5 Å². The number of carbonyl (C=O) groups is 2. The number of anilines is 2. The van der Waals surface area contributed by atoms with Crippen LogP contribution < -0.4 is 9.62 Å². The third-order valence-corrected chi connectivity index (χ3v) is 6.39. The third-order valence-electron chi connectivity index (χ3n) is 5.25. The van der Waals surface area contributed by atoms with Gasteiger partial charge < -0.3 is 10.1 Å². The number of benzene rings is 3. The lowest BCUT2D eigenvalue weighted by molar-refractivity contribution is 0.0526. The SMILES string of the molecule is CCOC(=O)c1ccc(NC(=O)c2ccc(N(Cc3ccc(C)cc3)S(C)(=O)=O)cc2)c(C)c1. The molecule has 34 heavy (non-hydrogen) atoms. The van der Waals surface area contributed by atoms with Crippen molar-refractivity contribution in [2.75, 3.05) is 22.5 Å². The fourth-order valence-electron chi connectivity index (χ4n) is 3.38. The Labute approximate surface area is 200 Å². The molecule has 1 N–H and O–H groups in total. The summed E-state index contributed by atoms with van der Waals surface area (Å²) in [4.78, 5) is 24.6. The van der Waals surface area contributed by atoms with E-state index >= 15 is 0 Å². The zero-order chi connectivity index (χ0) is 24.9. The van der Waals surface area contributed by atoms with Crippen molar-refractivity contribution < 1.29 is 22.7 Å². The molecule has 0 saturated carbocycles. The second kappa shape index (κ2) is 10.5. The molecule has 7 nitrogen and oxygen atoms in total. The molecule has 0 atom stereocenters. The van der Waals surface area contributed by atoms with Crippen LogP contribution in [0.2, 0.25) is 0 Å². The van der Waals surface area contributed by atoms with Crippen LogP contribution in [0.5, 0.6) is 0 Å². The average molecular weight is 481 g/mol. The van der Waals surface area contributed by atoms with E-state index < -0.39 is 16.0 Å². The van der Waals surface area contributed by atoms with Gasteiger partial charge in [0.25, 0.3) is 5.91 Å². The summed E-state index contributed by atoms with van der Waals surface area (Å²) >= 11 is 0. The van der Waals surface area contributed by atoms with Gasteiger partial charge in [0.2, 0.25) is 10.0 Å². The zero-order valence-corrected chi connectivity index (χ0v) is 20.5. The van der Waals surface area contributed by atoms with Gasteiger partial charge in [-0.25, -0.2) is 13.2 Å². The number of esters is 1. The number of sulfonamides is 1. The Morgan fingerprint density at radius 2 is 1.53 bits per heavy atom. The lowest BCUT2D eigenvalue weighted by atomic mass is 10.1. The fourth-order valence-corrected chi connectivity index (χ4v) is 4.27. The summed E-state index contributed by atoms with van der Waals surface area (Å²) in [5, 5.41) is 2.83. The van der Waals surface area contributed by atoms with Gasteiger partial charge in [-0.2, -0.15) is 0 Å². The Morgan fingerprint density at radius 1 is 0.912 bits per heavy atom. The number of nitrogens with zero attached hydrogens (tertiary/aromatic N) is 1. The van der Waals surface area contributed by atoms with E-state index in [4.69, 9.17) is 4.74 Å². The molecule has 0 heterocycles. The molecule has 8 heteroatoms. The summed E-state index contributed by atoms with van der Waals surface area (Å²) in [6.07, 6.45) is 1.16. The quantitative estimate of drug-likeness (QED) is 0.472. The number of nitrogens with one attached hydrogen (secondary N) is 1. The monoisotopic (exact) mass is 480 g/mol. The van der Waals surface area contributed by atoms with Crippen molar-refractivity contribution in [3.05, 3.63) is 94.5 Å². The van der Waals surface area contributed by atoms with Gasteiger partial charge in [-0.15, -0.1) is 0 Å². The molecule has 0 aliphatic rings. The predicted octanol–water partition coefficient (Wildman–Crippen LogP) is 4.70. The van der Waals surface area contributed by atoms with Crippen LogP contribution in [0.15, 0.2) is 66.7 Å². The van der Waals surface area contributed by atoms with Gasteiger partial charge in [0.05, 0.1) is 30.7 Å². The number of hydrogen-bond donors (Lipinski definition) is 1. The normalized spacial score (nSPS) is 11.1. The molecule has 0 unspecified atom stereocenters. The molecule has 0 fully saturated rings. The van der Waals surface area contributed by atoms with Crippen LogP contribution >= 0.6 is 0 Å². The molecule has 3 rings (SSSR count). The number of aryl methyl sites for hydroxylation is 2. The maximum absolute atomic E-state index is 12.8. The Hall–Kier alpha value is -3.65. The molecule has 0 aromatic heterocycles. The topological polar surface area (TPSA) is 92.8 Å². The summed E-state index contributed by atoms with van der Waals surface area (Å²) < 4.78 is 31.2. The summed E-state index contributed by atoms with van der Waals surface area (Å²) in [7, 11) is -3.53. The highest BCUT2D eigenvalue weighted by molar-refractivity contribution is 7.92. The minimum atomic E-state index is -3.53. The first kappa shape index (κ1) is 25.0. The standard InChI is InChI=1S/C26H28N2O5S/c1-5-33-26(30)22-12-15-24(19(3)16-22)27-25(29)21-10-13-23(14-11-21)28(34(4,31)32)17-20-8-6-18(2)7-9-20/h6-16H,5,17H2,1-4H3,(H,27,29). The first-order chi connectivity index (χ1) is 16.1. The van der Waals surface area contributed by atoms with Crippen LogP contribution in [0, 0.1) is 13.8 Å². The summed E-state index contributed by atoms with van der Waals surface area (Å²) in [6.45, 7) is 5.97. The van der Waals surface area contributed by atoms with Gasteiger partial charge in [-0.1, -0.05) is 29.8 Å². The van der Waals surface area contributed by atoms with Gasteiger partial charge >= 0.3 is 5.97 Å². The Balaban J connectivity index is 1.76. The van der Waals surface area contributed by atoms with Crippen molar-refractivity contribution in [2.24, 2.45) is 0 Å². The van der Waals surface area contributed by atoms with E-state index in [-0.39, 0.29) is 19.1 Å². The third kappa shape index (κ3) is 6.23. The predicted molar refractivity (Wildman–Crippen MR) is 134 cm³/mol. The molecular formula is C26H28N2O5S. The molecule has 3 aromatic rings. The van der Waals surface area contributed by atoms with Crippen molar-refractivity contribution in [2.45, 2.75) is 27.3 Å². The number of carbonyl (C=O) groups excluding carboxylic acids is 2. The second-order valence-electron chi connectivity index (χ2n) is 8.01. The van der Waals surface area contributed by atoms with E-state index in [1.165, 1.54) is 4.31 Å². The Bertz CT molecular complexity index is 1280. The maximum atomic E-state index is 12.8. The lowest BCUT2D eigenvalue weighted by Crippen LogP contribution is -2.29. The van der Waals surface area contributed by atoms with Crippen LogP contribution in [-0.2, 0) is 21.3 Å². The van der Waals surface area contributed by atoms with E-state index in [9.17, 15) is 18.0 Å². The minimum absolute atomic E-state index is 0.191. The molecule has 178 valence electrons. The van der Waals surface area contributed by atoms with E-state index in [0.717, 1.165) is 22.9 Å². The molecule has 3 aromatic carbocycles. The summed E-state index contributed by atoms with van der Waals surface area (Å²) in [5.74, 6) is -0.761. The minimum Gasteiger partial charge on any atom is -0.462 e. The van der Waals surface area contributed by atoms with Gasteiger partial charge in [-0.3, -0.25) is 9.10 Å². The molecule has 0 saturated heterocycles. The van der Waals surface area contributed by atoms with Crippen LogP contribution in [0.3, 0.4) is 0 Å². The fraction of sp³-hybridized carbons (Fsp3) is 0.231. The highest BCUT2D eigenvalue weighted by Crippen LogP contribution is 2.23. The zero-order valence-electron chi connectivity index (χ0n) is 19.7. The molecule has 1 amide bonds. The van der Waals surface area contributed by atoms with E-state index in [1.54, 1.807) is 56.3 Å². The highest BCUT2D eigenvalue weighted by Gasteiger charge is 2.19. The van der Waals surface area contributed by atoms with E-state index in [2.05, 4.69) is 5.32 Å². The van der Waals surface area contributed by atoms with E-state index in [1.807, 2.05) is 31.2 Å².